The van der Waals surface area contributed by atoms with Crippen molar-refractivity contribution in [2.75, 3.05) is 5.32 Å². The second-order valence-electron chi connectivity index (χ2n) is 3.98. The fourth-order valence-corrected chi connectivity index (χ4v) is 2.77. The largest absolute Gasteiger partial charge is 0.380 e. The summed E-state index contributed by atoms with van der Waals surface area (Å²) < 4.78 is 2.68. The summed E-state index contributed by atoms with van der Waals surface area (Å²) >= 11 is 7.50. The highest BCUT2D eigenvalue weighted by molar-refractivity contribution is 7.16. The van der Waals surface area contributed by atoms with Crippen molar-refractivity contribution in [3.63, 3.8) is 0 Å². The molecule has 4 nitrogen and oxygen atoms in total. The Hall–Kier alpha value is -1.85. The molecule has 2 aromatic heterocycles. The Labute approximate surface area is 119 Å². The molecule has 0 saturated carbocycles. The zero-order valence-electron chi connectivity index (χ0n) is 9.95. The van der Waals surface area contributed by atoms with Crippen molar-refractivity contribution in [3.05, 3.63) is 58.3 Å². The molecule has 0 aliphatic heterocycles. The summed E-state index contributed by atoms with van der Waals surface area (Å²) in [6, 6.07) is 12.0. The number of halogens is 1. The average Bonchev–Trinajstić information content (AvgIpc) is 3.08. The van der Waals surface area contributed by atoms with E-state index in [9.17, 15) is 0 Å². The molecule has 0 bridgehead atoms. The molecular formula is C13H11ClN4S. The van der Waals surface area contributed by atoms with Crippen molar-refractivity contribution < 1.29 is 0 Å². The molecule has 0 radical (unpaired) electrons. The molecule has 2 heterocycles. The number of nitrogens with one attached hydrogen (secondary N) is 1. The summed E-state index contributed by atoms with van der Waals surface area (Å²) in [7, 11) is 0. The first-order chi connectivity index (χ1) is 9.31. The van der Waals surface area contributed by atoms with Crippen molar-refractivity contribution >= 4 is 28.6 Å². The van der Waals surface area contributed by atoms with Gasteiger partial charge < -0.3 is 5.32 Å². The zero-order chi connectivity index (χ0) is 13.1. The Morgan fingerprint density at radius 3 is 2.74 bits per heavy atom. The summed E-state index contributed by atoms with van der Waals surface area (Å²) in [5.74, 6) is 0. The lowest BCUT2D eigenvalue weighted by molar-refractivity contribution is 1.05. The Balaban J connectivity index is 1.73. The fourth-order valence-electron chi connectivity index (χ4n) is 1.75. The molecule has 19 heavy (non-hydrogen) atoms. The predicted molar refractivity (Wildman–Crippen MR) is 78.0 cm³/mol. The highest BCUT2D eigenvalue weighted by Crippen LogP contribution is 2.22. The third-order valence-corrected chi connectivity index (χ3v) is 3.89. The number of rotatable bonds is 4. The van der Waals surface area contributed by atoms with Crippen molar-refractivity contribution in [1.82, 2.24) is 14.8 Å². The molecule has 0 saturated heterocycles. The van der Waals surface area contributed by atoms with Crippen molar-refractivity contribution in [1.29, 1.82) is 0 Å². The maximum Gasteiger partial charge on any atom is 0.123 e. The van der Waals surface area contributed by atoms with Crippen LogP contribution in [0.5, 0.6) is 0 Å². The molecule has 96 valence electrons. The molecule has 0 spiro atoms. The standard InChI is InChI=1S/C13H11ClN4S/c14-13-5-4-12(19-13)7-15-10-2-1-3-11(6-10)18-8-16-17-9-18/h1-6,8-9,15H,7H2. The number of nitrogens with zero attached hydrogens (tertiary/aromatic N) is 3. The quantitative estimate of drug-likeness (QED) is 0.798. The SMILES string of the molecule is Clc1ccc(CNc2cccc(-n3cnnc3)c2)s1. The minimum Gasteiger partial charge on any atom is -0.380 e. The van der Waals surface area contributed by atoms with Gasteiger partial charge in [-0.15, -0.1) is 21.5 Å². The Morgan fingerprint density at radius 1 is 1.16 bits per heavy atom. The normalized spacial score (nSPS) is 10.6. The Morgan fingerprint density at radius 2 is 2.00 bits per heavy atom. The van der Waals surface area contributed by atoms with E-state index in [4.69, 9.17) is 11.6 Å². The molecule has 1 aromatic carbocycles. The van der Waals surface area contributed by atoms with Gasteiger partial charge in [0.05, 0.1) is 10.0 Å². The first kappa shape index (κ1) is 12.2. The van der Waals surface area contributed by atoms with Crippen LogP contribution in [0.1, 0.15) is 4.88 Å². The third kappa shape index (κ3) is 2.94. The van der Waals surface area contributed by atoms with E-state index in [0.717, 1.165) is 22.3 Å². The second-order valence-corrected chi connectivity index (χ2v) is 5.78. The van der Waals surface area contributed by atoms with Crippen LogP contribution in [0.25, 0.3) is 5.69 Å². The minimum absolute atomic E-state index is 0.767. The molecule has 0 aliphatic rings. The van der Waals surface area contributed by atoms with Gasteiger partial charge in [-0.2, -0.15) is 0 Å². The van der Waals surface area contributed by atoms with Crippen LogP contribution in [-0.2, 0) is 6.54 Å². The van der Waals surface area contributed by atoms with Gasteiger partial charge in [0.15, 0.2) is 0 Å². The Bertz CT molecular complexity index is 663. The molecule has 3 aromatic rings. The molecule has 0 amide bonds. The first-order valence-corrected chi connectivity index (χ1v) is 6.94. The van der Waals surface area contributed by atoms with Crippen LogP contribution in [0.3, 0.4) is 0 Å². The van der Waals surface area contributed by atoms with Crippen LogP contribution >= 0.6 is 22.9 Å². The van der Waals surface area contributed by atoms with Gasteiger partial charge >= 0.3 is 0 Å². The van der Waals surface area contributed by atoms with Gasteiger partial charge in [0.2, 0.25) is 0 Å². The number of benzene rings is 1. The maximum absolute atomic E-state index is 5.91. The van der Waals surface area contributed by atoms with Gasteiger partial charge in [-0.25, -0.2) is 0 Å². The van der Waals surface area contributed by atoms with E-state index in [2.05, 4.69) is 21.6 Å². The van der Waals surface area contributed by atoms with E-state index in [1.165, 1.54) is 4.88 Å². The average molecular weight is 291 g/mol. The summed E-state index contributed by atoms with van der Waals surface area (Å²) in [5, 5.41) is 11.0. The van der Waals surface area contributed by atoms with Crippen molar-refractivity contribution in [2.45, 2.75) is 6.54 Å². The summed E-state index contributed by atoms with van der Waals surface area (Å²) in [5.41, 5.74) is 2.08. The van der Waals surface area contributed by atoms with E-state index in [1.54, 1.807) is 24.0 Å². The monoisotopic (exact) mass is 290 g/mol. The summed E-state index contributed by atoms with van der Waals surface area (Å²) in [4.78, 5) is 1.21. The van der Waals surface area contributed by atoms with Crippen LogP contribution in [0, 0.1) is 0 Å². The molecule has 0 atom stereocenters. The van der Waals surface area contributed by atoms with Crippen molar-refractivity contribution in [3.8, 4) is 5.69 Å². The second kappa shape index (κ2) is 5.42. The van der Waals surface area contributed by atoms with Crippen LogP contribution < -0.4 is 5.32 Å². The lowest BCUT2D eigenvalue weighted by atomic mass is 10.2. The lowest BCUT2D eigenvalue weighted by Gasteiger charge is -2.07. The van der Waals surface area contributed by atoms with E-state index in [-0.39, 0.29) is 0 Å². The first-order valence-electron chi connectivity index (χ1n) is 5.74. The van der Waals surface area contributed by atoms with Crippen LogP contribution in [0.15, 0.2) is 49.1 Å². The molecule has 0 aliphatic carbocycles. The van der Waals surface area contributed by atoms with E-state index < -0.39 is 0 Å². The van der Waals surface area contributed by atoms with E-state index in [1.807, 2.05) is 34.9 Å². The van der Waals surface area contributed by atoms with Gasteiger partial charge in [0.1, 0.15) is 12.7 Å². The summed E-state index contributed by atoms with van der Waals surface area (Å²) in [6.45, 7) is 0.767. The molecular weight excluding hydrogens is 280 g/mol. The molecule has 0 unspecified atom stereocenters. The van der Waals surface area contributed by atoms with Gasteiger partial charge in [0.25, 0.3) is 0 Å². The number of thiophene rings is 1. The van der Waals surface area contributed by atoms with E-state index >= 15 is 0 Å². The molecule has 0 fully saturated rings. The van der Waals surface area contributed by atoms with Gasteiger partial charge in [-0.1, -0.05) is 17.7 Å². The fraction of sp³-hybridized carbons (Fsp3) is 0.0769. The van der Waals surface area contributed by atoms with Crippen LogP contribution in [0.2, 0.25) is 4.34 Å². The topological polar surface area (TPSA) is 42.7 Å². The van der Waals surface area contributed by atoms with Crippen molar-refractivity contribution in [2.24, 2.45) is 0 Å². The van der Waals surface area contributed by atoms with Gasteiger partial charge in [0, 0.05) is 17.1 Å². The minimum atomic E-state index is 0.767. The van der Waals surface area contributed by atoms with E-state index in [0.29, 0.717) is 0 Å². The number of anilines is 1. The number of hydrogen-bond acceptors (Lipinski definition) is 4. The number of hydrogen-bond donors (Lipinski definition) is 1. The van der Waals surface area contributed by atoms with Gasteiger partial charge in [-0.3, -0.25) is 4.57 Å². The van der Waals surface area contributed by atoms with Gasteiger partial charge in [-0.05, 0) is 30.3 Å². The van der Waals surface area contributed by atoms with Crippen LogP contribution in [0.4, 0.5) is 5.69 Å². The molecule has 1 N–H and O–H groups in total. The third-order valence-electron chi connectivity index (χ3n) is 2.66. The maximum atomic E-state index is 5.91. The smallest absolute Gasteiger partial charge is 0.123 e. The zero-order valence-corrected chi connectivity index (χ0v) is 11.5. The molecule has 6 heteroatoms. The number of aromatic nitrogens is 3. The van der Waals surface area contributed by atoms with Crippen LogP contribution in [-0.4, -0.2) is 14.8 Å². The highest BCUT2D eigenvalue weighted by atomic mass is 35.5. The lowest BCUT2D eigenvalue weighted by Crippen LogP contribution is -1.98. The predicted octanol–water partition coefficient (Wildman–Crippen LogP) is 3.59. The molecule has 3 rings (SSSR count). The highest BCUT2D eigenvalue weighted by Gasteiger charge is 2.00. The summed E-state index contributed by atoms with van der Waals surface area (Å²) in [6.07, 6.45) is 3.36. The Kier molecular flexibility index (Phi) is 3.48.